The topological polar surface area (TPSA) is 127 Å². The van der Waals surface area contributed by atoms with Crippen molar-refractivity contribution in [2.45, 2.75) is 17.4 Å². The Kier molecular flexibility index (Phi) is 5.36. The van der Waals surface area contributed by atoms with Crippen molar-refractivity contribution in [3.8, 4) is 22.6 Å². The highest BCUT2D eigenvalue weighted by molar-refractivity contribution is 7.90. The summed E-state index contributed by atoms with van der Waals surface area (Å²) in [4.78, 5) is 15.5. The minimum atomic E-state index is -3.64. The van der Waals surface area contributed by atoms with Gasteiger partial charge < -0.3 is 19.6 Å². The zero-order chi connectivity index (χ0) is 21.4. The van der Waals surface area contributed by atoms with Gasteiger partial charge in [-0.1, -0.05) is 0 Å². The van der Waals surface area contributed by atoms with Crippen molar-refractivity contribution in [3.05, 3.63) is 48.2 Å². The molecule has 3 aromatic rings. The molecular weight excluding hydrogens is 415 g/mol. The summed E-state index contributed by atoms with van der Waals surface area (Å²) < 4.78 is 48.6. The Labute approximate surface area is 171 Å². The minimum absolute atomic E-state index is 0.193. The van der Waals surface area contributed by atoms with E-state index < -0.39 is 28.0 Å². The zero-order valence-corrected chi connectivity index (χ0v) is 16.8. The lowest BCUT2D eigenvalue weighted by Gasteiger charge is -2.33. The Morgan fingerprint density at radius 3 is 2.50 bits per heavy atom. The Morgan fingerprint density at radius 2 is 1.87 bits per heavy atom. The van der Waals surface area contributed by atoms with Crippen LogP contribution in [0.5, 0.6) is 0 Å². The maximum Gasteiger partial charge on any atom is 0.252 e. The molecule has 0 saturated carbocycles. The van der Waals surface area contributed by atoms with E-state index in [1.165, 1.54) is 36.5 Å². The number of nitrogens with zero attached hydrogens (tertiary/aromatic N) is 3. The van der Waals surface area contributed by atoms with Gasteiger partial charge in [0.05, 0.1) is 30.3 Å². The molecule has 4 rings (SSSR count). The highest BCUT2D eigenvalue weighted by Gasteiger charge is 2.40. The normalized spacial score (nSPS) is 16.5. The van der Waals surface area contributed by atoms with Crippen LogP contribution in [0.4, 0.5) is 4.39 Å². The molecule has 0 bridgehead atoms. The van der Waals surface area contributed by atoms with E-state index >= 15 is 0 Å². The van der Waals surface area contributed by atoms with Crippen LogP contribution in [0, 0.1) is 5.82 Å². The number of aromatic amines is 1. The van der Waals surface area contributed by atoms with Crippen LogP contribution in [0.3, 0.4) is 0 Å². The van der Waals surface area contributed by atoms with Crippen molar-refractivity contribution in [2.24, 2.45) is 0 Å². The first-order valence-electron chi connectivity index (χ1n) is 9.11. The first kappa shape index (κ1) is 20.5. The predicted molar refractivity (Wildman–Crippen MR) is 103 cm³/mol. The number of sulfone groups is 1. The van der Waals surface area contributed by atoms with Crippen LogP contribution < -0.4 is 0 Å². The quantitative estimate of drug-likeness (QED) is 0.581. The Balaban J connectivity index is 1.90. The van der Waals surface area contributed by atoms with Gasteiger partial charge in [0.25, 0.3) is 5.79 Å². The summed E-state index contributed by atoms with van der Waals surface area (Å²) in [5, 5.41) is 9.61. The molecular formula is C19H19FN4O5S. The fourth-order valence-corrected chi connectivity index (χ4v) is 3.61. The van der Waals surface area contributed by atoms with Crippen molar-refractivity contribution in [3.63, 3.8) is 0 Å². The third-order valence-electron chi connectivity index (χ3n) is 4.57. The number of hydrogen-bond donors (Lipinski definition) is 2. The number of benzene rings is 1. The number of rotatable bonds is 5. The SMILES string of the molecule is CS(=O)(=O)c1nccc(-c2[nH]c(C3(CO)OCCCO3)nc2-c2ccc(F)cc2)n1. The molecule has 1 aromatic carbocycles. The second kappa shape index (κ2) is 7.84. The Hall–Kier alpha value is -2.73. The number of nitrogens with one attached hydrogen (secondary N) is 1. The average Bonchev–Trinajstić information content (AvgIpc) is 3.20. The van der Waals surface area contributed by atoms with Gasteiger partial charge in [0.1, 0.15) is 12.4 Å². The van der Waals surface area contributed by atoms with Crippen molar-refractivity contribution >= 4 is 9.84 Å². The second-order valence-corrected chi connectivity index (χ2v) is 8.68. The van der Waals surface area contributed by atoms with Gasteiger partial charge in [-0.15, -0.1) is 0 Å². The maximum absolute atomic E-state index is 13.4. The number of halogens is 1. The average molecular weight is 434 g/mol. The van der Waals surface area contributed by atoms with Crippen LogP contribution in [0.2, 0.25) is 0 Å². The third-order valence-corrected chi connectivity index (χ3v) is 5.43. The molecule has 1 aliphatic heterocycles. The van der Waals surface area contributed by atoms with Gasteiger partial charge in [-0.3, -0.25) is 0 Å². The molecule has 0 unspecified atom stereocenters. The molecule has 9 nitrogen and oxygen atoms in total. The molecule has 2 aromatic heterocycles. The summed E-state index contributed by atoms with van der Waals surface area (Å²) in [6.07, 6.45) is 3.00. The van der Waals surface area contributed by atoms with Crippen molar-refractivity contribution in [1.82, 2.24) is 19.9 Å². The molecule has 1 saturated heterocycles. The lowest BCUT2D eigenvalue weighted by molar-refractivity contribution is -0.295. The molecule has 3 heterocycles. The van der Waals surface area contributed by atoms with E-state index in [4.69, 9.17) is 9.47 Å². The first-order chi connectivity index (χ1) is 14.3. The van der Waals surface area contributed by atoms with Crippen LogP contribution >= 0.6 is 0 Å². The standard InChI is InChI=1S/C19H19FN4O5S/c1-30(26,27)18-21-8-7-14(22-18)16-15(12-3-5-13(20)6-4-12)23-17(24-16)19(11-25)28-9-2-10-29-19/h3-8,25H,2,9-11H2,1H3,(H,23,24). The highest BCUT2D eigenvalue weighted by Crippen LogP contribution is 2.35. The van der Waals surface area contributed by atoms with E-state index in [2.05, 4.69) is 19.9 Å². The predicted octanol–water partition coefficient (Wildman–Crippen LogP) is 1.66. The molecule has 0 radical (unpaired) electrons. The molecule has 0 amide bonds. The first-order valence-corrected chi connectivity index (χ1v) is 11.0. The van der Waals surface area contributed by atoms with E-state index in [1.807, 2.05) is 0 Å². The second-order valence-electron chi connectivity index (χ2n) is 6.77. The number of aliphatic hydroxyl groups is 1. The molecule has 0 spiro atoms. The van der Waals surface area contributed by atoms with Crippen LogP contribution in [-0.4, -0.2) is 59.5 Å². The number of hydrogen-bond acceptors (Lipinski definition) is 8. The number of ether oxygens (including phenoxy) is 2. The van der Waals surface area contributed by atoms with Crippen LogP contribution in [-0.2, 0) is 25.1 Å². The summed E-state index contributed by atoms with van der Waals surface area (Å²) in [5.74, 6) is -1.71. The molecule has 158 valence electrons. The Morgan fingerprint density at radius 1 is 1.17 bits per heavy atom. The fourth-order valence-electron chi connectivity index (χ4n) is 3.09. The van der Waals surface area contributed by atoms with Gasteiger partial charge in [0.2, 0.25) is 15.0 Å². The van der Waals surface area contributed by atoms with E-state index in [1.54, 1.807) is 0 Å². The summed E-state index contributed by atoms with van der Waals surface area (Å²) in [7, 11) is -3.64. The van der Waals surface area contributed by atoms with Crippen LogP contribution in [0.25, 0.3) is 22.6 Å². The van der Waals surface area contributed by atoms with Gasteiger partial charge in [-0.2, -0.15) is 0 Å². The molecule has 0 aliphatic carbocycles. The van der Waals surface area contributed by atoms with Gasteiger partial charge >= 0.3 is 0 Å². The summed E-state index contributed by atoms with van der Waals surface area (Å²) in [6.45, 7) is 0.254. The molecule has 30 heavy (non-hydrogen) atoms. The number of imidazole rings is 1. The van der Waals surface area contributed by atoms with Gasteiger partial charge in [0, 0.05) is 18.0 Å². The van der Waals surface area contributed by atoms with Gasteiger partial charge in [-0.25, -0.2) is 27.8 Å². The van der Waals surface area contributed by atoms with E-state index in [0.29, 0.717) is 36.6 Å². The van der Waals surface area contributed by atoms with Crippen molar-refractivity contribution < 1.29 is 27.4 Å². The van der Waals surface area contributed by atoms with Crippen LogP contribution in [0.15, 0.2) is 41.7 Å². The molecule has 0 atom stereocenters. The molecule has 11 heteroatoms. The molecule has 1 fully saturated rings. The smallest absolute Gasteiger partial charge is 0.252 e. The number of H-pyrrole nitrogens is 1. The molecule has 1 aliphatic rings. The van der Waals surface area contributed by atoms with E-state index in [9.17, 15) is 17.9 Å². The maximum atomic E-state index is 13.4. The molecule has 2 N–H and O–H groups in total. The Bertz CT molecular complexity index is 1160. The third kappa shape index (κ3) is 3.84. The van der Waals surface area contributed by atoms with Crippen LogP contribution in [0.1, 0.15) is 12.2 Å². The fraction of sp³-hybridized carbons (Fsp3) is 0.316. The number of aromatic nitrogens is 4. The monoisotopic (exact) mass is 434 g/mol. The van der Waals surface area contributed by atoms with Gasteiger partial charge in [-0.05, 0) is 36.8 Å². The highest BCUT2D eigenvalue weighted by atomic mass is 32.2. The van der Waals surface area contributed by atoms with Gasteiger partial charge in [0.15, 0.2) is 5.82 Å². The summed E-state index contributed by atoms with van der Waals surface area (Å²) in [6, 6.07) is 7.15. The number of aliphatic hydroxyl groups excluding tert-OH is 1. The summed E-state index contributed by atoms with van der Waals surface area (Å²) >= 11 is 0. The lowest BCUT2D eigenvalue weighted by atomic mass is 10.1. The lowest BCUT2D eigenvalue weighted by Crippen LogP contribution is -2.42. The van der Waals surface area contributed by atoms with E-state index in [-0.39, 0.29) is 16.7 Å². The summed E-state index contributed by atoms with van der Waals surface area (Å²) in [5.41, 5.74) is 1.54. The zero-order valence-electron chi connectivity index (χ0n) is 16.0. The van der Waals surface area contributed by atoms with Crippen molar-refractivity contribution in [1.29, 1.82) is 0 Å². The largest absolute Gasteiger partial charge is 0.390 e. The van der Waals surface area contributed by atoms with E-state index in [0.717, 1.165) is 6.26 Å². The van der Waals surface area contributed by atoms with Crippen molar-refractivity contribution in [2.75, 3.05) is 26.1 Å². The minimum Gasteiger partial charge on any atom is -0.390 e.